The van der Waals surface area contributed by atoms with Gasteiger partial charge in [0.05, 0.1) is 17.8 Å². The maximum absolute atomic E-state index is 12.7. The second-order valence-corrected chi connectivity index (χ2v) is 6.64. The third-order valence-corrected chi connectivity index (χ3v) is 4.75. The van der Waals surface area contributed by atoms with E-state index in [0.29, 0.717) is 23.2 Å². The zero-order chi connectivity index (χ0) is 18.3. The normalized spacial score (nSPS) is 17.2. The Hall–Kier alpha value is -2.74. The van der Waals surface area contributed by atoms with Crippen LogP contribution in [-0.4, -0.2) is 39.7 Å². The quantitative estimate of drug-likeness (QED) is 0.760. The Morgan fingerprint density at radius 1 is 1.42 bits per heavy atom. The molecular formula is C18H20N4O4. The molecule has 1 aliphatic heterocycles. The molecule has 1 saturated heterocycles. The van der Waals surface area contributed by atoms with Crippen molar-refractivity contribution >= 4 is 28.1 Å². The molecule has 1 amide bonds. The molecule has 8 heteroatoms. The first-order valence-corrected chi connectivity index (χ1v) is 8.67. The molecule has 0 aliphatic carbocycles. The Bertz CT molecular complexity index is 1050. The van der Waals surface area contributed by atoms with Gasteiger partial charge in [-0.25, -0.2) is 9.97 Å². The lowest BCUT2D eigenvalue weighted by Gasteiger charge is -2.11. The predicted molar refractivity (Wildman–Crippen MR) is 95.0 cm³/mol. The fraction of sp³-hybridized carbons (Fsp3) is 0.444. The molecule has 3 aromatic heterocycles. The van der Waals surface area contributed by atoms with Crippen LogP contribution in [-0.2, 0) is 16.1 Å². The molecule has 1 aliphatic rings. The first-order chi connectivity index (χ1) is 12.5. The van der Waals surface area contributed by atoms with Crippen molar-refractivity contribution in [3.8, 4) is 0 Å². The molecule has 0 spiro atoms. The molecule has 0 radical (unpaired) electrons. The summed E-state index contributed by atoms with van der Waals surface area (Å²) in [5.41, 5.74) is 2.41. The smallest absolute Gasteiger partial charge is 0.297 e. The van der Waals surface area contributed by atoms with E-state index in [1.807, 2.05) is 19.9 Å². The molecule has 0 aromatic carbocycles. The van der Waals surface area contributed by atoms with Crippen LogP contribution in [0.3, 0.4) is 0 Å². The summed E-state index contributed by atoms with van der Waals surface area (Å²) in [6.07, 6.45) is 3.39. The topological polar surface area (TPSA) is 99.2 Å². The first-order valence-electron chi connectivity index (χ1n) is 8.67. The highest BCUT2D eigenvalue weighted by Crippen LogP contribution is 2.25. The minimum Gasteiger partial charge on any atom is -0.430 e. The van der Waals surface area contributed by atoms with Gasteiger partial charge in [0.2, 0.25) is 17.2 Å². The van der Waals surface area contributed by atoms with Crippen molar-refractivity contribution in [2.24, 2.45) is 0 Å². The Labute approximate surface area is 149 Å². The van der Waals surface area contributed by atoms with Crippen LogP contribution < -0.4 is 10.9 Å². The van der Waals surface area contributed by atoms with Crippen molar-refractivity contribution in [3.05, 3.63) is 34.0 Å². The van der Waals surface area contributed by atoms with Crippen molar-refractivity contribution in [2.45, 2.75) is 39.3 Å². The molecule has 1 atom stereocenters. The highest BCUT2D eigenvalue weighted by atomic mass is 16.5. The predicted octanol–water partition coefficient (Wildman–Crippen LogP) is 1.45. The third kappa shape index (κ3) is 2.96. The lowest BCUT2D eigenvalue weighted by molar-refractivity contribution is -0.122. The summed E-state index contributed by atoms with van der Waals surface area (Å²) in [4.78, 5) is 33.5. The fourth-order valence-corrected chi connectivity index (χ4v) is 3.14. The molecule has 0 bridgehead atoms. The summed E-state index contributed by atoms with van der Waals surface area (Å²) < 4.78 is 12.3. The Kier molecular flexibility index (Phi) is 4.20. The molecule has 1 N–H and O–H groups in total. The molecule has 8 nitrogen and oxygen atoms in total. The third-order valence-electron chi connectivity index (χ3n) is 4.75. The Morgan fingerprint density at radius 3 is 3.04 bits per heavy atom. The van der Waals surface area contributed by atoms with Crippen molar-refractivity contribution in [1.82, 2.24) is 19.9 Å². The van der Waals surface area contributed by atoms with E-state index in [9.17, 15) is 9.59 Å². The van der Waals surface area contributed by atoms with Gasteiger partial charge in [-0.1, -0.05) is 0 Å². The van der Waals surface area contributed by atoms with E-state index in [1.54, 1.807) is 0 Å². The Morgan fingerprint density at radius 2 is 2.27 bits per heavy atom. The molecule has 3 aromatic rings. The van der Waals surface area contributed by atoms with Gasteiger partial charge in [0.25, 0.3) is 5.56 Å². The number of hydrogen-bond acceptors (Lipinski definition) is 6. The van der Waals surface area contributed by atoms with Crippen LogP contribution in [0.1, 0.15) is 24.1 Å². The highest BCUT2D eigenvalue weighted by molar-refractivity contribution is 6.00. The van der Waals surface area contributed by atoms with Crippen molar-refractivity contribution in [3.63, 3.8) is 0 Å². The van der Waals surface area contributed by atoms with E-state index in [1.165, 1.54) is 10.9 Å². The van der Waals surface area contributed by atoms with Gasteiger partial charge in [-0.05, 0) is 38.3 Å². The van der Waals surface area contributed by atoms with E-state index in [-0.39, 0.29) is 24.1 Å². The average Bonchev–Trinajstić information content (AvgIpc) is 3.24. The largest absolute Gasteiger partial charge is 0.430 e. The van der Waals surface area contributed by atoms with Crippen LogP contribution in [0.2, 0.25) is 0 Å². The van der Waals surface area contributed by atoms with Crippen LogP contribution >= 0.6 is 0 Å². The summed E-state index contributed by atoms with van der Waals surface area (Å²) in [5, 5.41) is 3.50. The number of carbonyl (C=O) groups is 1. The molecule has 0 saturated carbocycles. The van der Waals surface area contributed by atoms with Gasteiger partial charge >= 0.3 is 0 Å². The number of rotatable bonds is 4. The molecular weight excluding hydrogens is 336 g/mol. The van der Waals surface area contributed by atoms with Crippen LogP contribution in [0.25, 0.3) is 22.2 Å². The number of aryl methyl sites for hydroxylation is 2. The van der Waals surface area contributed by atoms with Crippen molar-refractivity contribution in [1.29, 1.82) is 0 Å². The summed E-state index contributed by atoms with van der Waals surface area (Å²) >= 11 is 0. The zero-order valence-electron chi connectivity index (χ0n) is 14.7. The number of ether oxygens (including phenoxy) is 1. The van der Waals surface area contributed by atoms with Crippen molar-refractivity contribution < 1.29 is 13.9 Å². The summed E-state index contributed by atoms with van der Waals surface area (Å²) in [7, 11) is 0. The van der Waals surface area contributed by atoms with Gasteiger partial charge < -0.3 is 14.5 Å². The maximum Gasteiger partial charge on any atom is 0.297 e. The van der Waals surface area contributed by atoms with Crippen LogP contribution in [0, 0.1) is 13.8 Å². The summed E-state index contributed by atoms with van der Waals surface area (Å²) in [5.74, 6) is -0.260. The SMILES string of the molecule is Cc1cc2c(nc1C)oc1c(=O)n(CC(=O)NC[C@H]3CCCO3)cnc12. The molecule has 136 valence electrons. The molecule has 1 fully saturated rings. The van der Waals surface area contributed by atoms with E-state index >= 15 is 0 Å². The minimum absolute atomic E-state index is 0.0594. The average molecular weight is 356 g/mol. The highest BCUT2D eigenvalue weighted by Gasteiger charge is 2.18. The molecule has 4 rings (SSSR count). The summed E-state index contributed by atoms with van der Waals surface area (Å²) in [6, 6.07) is 1.91. The number of amides is 1. The number of nitrogens with zero attached hydrogens (tertiary/aromatic N) is 3. The van der Waals surface area contributed by atoms with Crippen LogP contribution in [0.15, 0.2) is 21.6 Å². The number of aromatic nitrogens is 3. The second-order valence-electron chi connectivity index (χ2n) is 6.64. The Balaban J connectivity index is 1.60. The summed E-state index contributed by atoms with van der Waals surface area (Å²) in [6.45, 7) is 4.90. The maximum atomic E-state index is 12.7. The number of hydrogen-bond donors (Lipinski definition) is 1. The number of pyridine rings is 1. The molecule has 26 heavy (non-hydrogen) atoms. The standard InChI is InChI=1S/C18H20N4O4/c1-10-6-13-15-16(26-17(13)21-11(10)2)18(24)22(9-20-15)8-14(23)19-7-12-4-3-5-25-12/h6,9,12H,3-5,7-8H2,1-2H3,(H,19,23)/t12-/m1/s1. The lowest BCUT2D eigenvalue weighted by Crippen LogP contribution is -2.36. The van der Waals surface area contributed by atoms with Gasteiger partial charge in [-0.3, -0.25) is 14.2 Å². The second kappa shape index (κ2) is 6.53. The lowest BCUT2D eigenvalue weighted by atomic mass is 10.2. The van der Waals surface area contributed by atoms with Crippen LogP contribution in [0.4, 0.5) is 0 Å². The van der Waals surface area contributed by atoms with E-state index in [4.69, 9.17) is 9.15 Å². The van der Waals surface area contributed by atoms with Gasteiger partial charge in [0.15, 0.2) is 0 Å². The van der Waals surface area contributed by atoms with E-state index < -0.39 is 5.56 Å². The number of furan rings is 1. The van der Waals surface area contributed by atoms with Gasteiger partial charge in [-0.15, -0.1) is 0 Å². The van der Waals surface area contributed by atoms with E-state index in [0.717, 1.165) is 30.7 Å². The minimum atomic E-state index is -0.393. The fourth-order valence-electron chi connectivity index (χ4n) is 3.14. The number of carbonyl (C=O) groups excluding carboxylic acids is 1. The molecule has 4 heterocycles. The van der Waals surface area contributed by atoms with Gasteiger partial charge in [0, 0.05) is 18.8 Å². The zero-order valence-corrected chi connectivity index (χ0v) is 14.7. The van der Waals surface area contributed by atoms with Gasteiger partial charge in [0.1, 0.15) is 12.1 Å². The molecule has 0 unspecified atom stereocenters. The number of fused-ring (bicyclic) bond motifs is 3. The first kappa shape index (κ1) is 16.7. The van der Waals surface area contributed by atoms with Gasteiger partial charge in [-0.2, -0.15) is 0 Å². The van der Waals surface area contributed by atoms with E-state index in [2.05, 4.69) is 15.3 Å². The monoisotopic (exact) mass is 356 g/mol. The van der Waals surface area contributed by atoms with Crippen LogP contribution in [0.5, 0.6) is 0 Å². The van der Waals surface area contributed by atoms with Crippen molar-refractivity contribution in [2.75, 3.05) is 13.2 Å². The number of nitrogens with one attached hydrogen (secondary N) is 1.